The monoisotopic (exact) mass is 430 g/mol. The van der Waals surface area contributed by atoms with Crippen LogP contribution >= 0.6 is 0 Å². The van der Waals surface area contributed by atoms with Crippen LogP contribution in [0.5, 0.6) is 11.5 Å². The quantitative estimate of drug-likeness (QED) is 0.353. The number of hydrogen-bond donors (Lipinski definition) is 4. The van der Waals surface area contributed by atoms with Gasteiger partial charge in [0.05, 0.1) is 11.4 Å². The average Bonchev–Trinajstić information content (AvgIpc) is 2.81. The molecule has 0 fully saturated rings. The lowest BCUT2D eigenvalue weighted by Crippen LogP contribution is -2.21. The number of amides is 2. The highest BCUT2D eigenvalue weighted by atomic mass is 16.3. The summed E-state index contributed by atoms with van der Waals surface area (Å²) in [6.45, 7) is 3.47. The molecule has 0 aliphatic carbocycles. The molecule has 32 heavy (non-hydrogen) atoms. The molecule has 0 spiro atoms. The van der Waals surface area contributed by atoms with E-state index in [0.29, 0.717) is 22.6 Å². The van der Waals surface area contributed by atoms with Crippen LogP contribution in [-0.2, 0) is 0 Å². The topological polar surface area (TPSA) is 123 Å². The van der Waals surface area contributed by atoms with Gasteiger partial charge in [0.1, 0.15) is 11.5 Å². The van der Waals surface area contributed by atoms with Crippen molar-refractivity contribution in [3.8, 4) is 11.5 Å². The zero-order valence-corrected chi connectivity index (χ0v) is 17.5. The Morgan fingerprint density at radius 2 is 0.844 bits per heavy atom. The summed E-state index contributed by atoms with van der Waals surface area (Å²) in [6.07, 6.45) is 0. The molecule has 2 amide bonds. The first-order valence-electron chi connectivity index (χ1n) is 9.71. The molecule has 3 rings (SSSR count). The van der Waals surface area contributed by atoms with Crippen LogP contribution in [0.3, 0.4) is 0 Å². The summed E-state index contributed by atoms with van der Waals surface area (Å²) in [5.74, 6) is -0.542. The minimum Gasteiger partial charge on any atom is -0.508 e. The van der Waals surface area contributed by atoms with Gasteiger partial charge >= 0.3 is 0 Å². The third-order valence-corrected chi connectivity index (χ3v) is 4.63. The highest BCUT2D eigenvalue weighted by molar-refractivity contribution is 6.02. The Bertz CT molecular complexity index is 1070. The van der Waals surface area contributed by atoms with Gasteiger partial charge < -0.3 is 10.2 Å². The molecule has 3 aromatic rings. The average molecular weight is 430 g/mol. The Labute approximate surface area is 184 Å². The van der Waals surface area contributed by atoms with Crippen LogP contribution in [0.4, 0.5) is 0 Å². The fraction of sp³-hybridized carbons (Fsp3) is 0.0833. The molecule has 0 aromatic heterocycles. The van der Waals surface area contributed by atoms with Crippen molar-refractivity contribution in [1.29, 1.82) is 0 Å². The Morgan fingerprint density at radius 1 is 0.562 bits per heavy atom. The third kappa shape index (κ3) is 5.79. The first kappa shape index (κ1) is 22.2. The largest absolute Gasteiger partial charge is 0.508 e. The van der Waals surface area contributed by atoms with Crippen molar-refractivity contribution in [2.45, 2.75) is 13.8 Å². The molecule has 3 aromatic carbocycles. The molecule has 0 aliphatic rings. The molecular formula is C24H22N4O4. The minimum absolute atomic E-state index is 0.149. The van der Waals surface area contributed by atoms with Gasteiger partial charge in [-0.15, -0.1) is 0 Å². The van der Waals surface area contributed by atoms with Crippen LogP contribution in [-0.4, -0.2) is 33.5 Å². The number of phenolic OH excluding ortho intramolecular Hbond substituents is 2. The van der Waals surface area contributed by atoms with Gasteiger partial charge in [-0.2, -0.15) is 10.2 Å². The van der Waals surface area contributed by atoms with Gasteiger partial charge in [-0.25, -0.2) is 10.9 Å². The number of nitrogens with one attached hydrogen (secondary N) is 2. The van der Waals surface area contributed by atoms with Gasteiger partial charge in [0.25, 0.3) is 11.8 Å². The predicted molar refractivity (Wildman–Crippen MR) is 122 cm³/mol. The summed E-state index contributed by atoms with van der Waals surface area (Å²) >= 11 is 0. The van der Waals surface area contributed by atoms with E-state index in [-0.39, 0.29) is 11.5 Å². The number of phenols is 2. The number of carbonyl (C=O) groups is 2. The second-order valence-electron chi connectivity index (χ2n) is 6.95. The van der Waals surface area contributed by atoms with E-state index >= 15 is 0 Å². The van der Waals surface area contributed by atoms with Crippen LogP contribution < -0.4 is 10.9 Å². The summed E-state index contributed by atoms with van der Waals surface area (Å²) in [5, 5.41) is 26.8. The molecule has 0 radical (unpaired) electrons. The first-order valence-corrected chi connectivity index (χ1v) is 9.71. The van der Waals surface area contributed by atoms with E-state index in [0.717, 1.165) is 11.1 Å². The van der Waals surface area contributed by atoms with E-state index in [2.05, 4.69) is 21.1 Å². The number of nitrogens with zero attached hydrogens (tertiary/aromatic N) is 2. The predicted octanol–water partition coefficient (Wildman–Crippen LogP) is 3.41. The molecule has 0 saturated heterocycles. The fourth-order valence-corrected chi connectivity index (χ4v) is 2.71. The lowest BCUT2D eigenvalue weighted by molar-refractivity contribution is 0.0943. The molecular weight excluding hydrogens is 408 g/mol. The molecule has 162 valence electrons. The Hall–Kier alpha value is -4.46. The second-order valence-corrected chi connectivity index (χ2v) is 6.95. The van der Waals surface area contributed by atoms with Gasteiger partial charge in [0.2, 0.25) is 0 Å². The summed E-state index contributed by atoms with van der Waals surface area (Å²) in [7, 11) is 0. The van der Waals surface area contributed by atoms with E-state index in [1.165, 1.54) is 48.5 Å². The lowest BCUT2D eigenvalue weighted by Gasteiger charge is -2.05. The zero-order chi connectivity index (χ0) is 23.1. The maximum Gasteiger partial charge on any atom is 0.271 e. The number of rotatable bonds is 6. The number of carbonyl (C=O) groups excluding carboxylic acids is 2. The minimum atomic E-state index is -0.420. The van der Waals surface area contributed by atoms with E-state index < -0.39 is 11.8 Å². The van der Waals surface area contributed by atoms with Crippen LogP contribution in [0.1, 0.15) is 45.7 Å². The molecule has 4 N–H and O–H groups in total. The first-order chi connectivity index (χ1) is 15.3. The van der Waals surface area contributed by atoms with Crippen molar-refractivity contribution in [3.63, 3.8) is 0 Å². The van der Waals surface area contributed by atoms with E-state index in [9.17, 15) is 19.8 Å². The van der Waals surface area contributed by atoms with E-state index in [4.69, 9.17) is 0 Å². The molecule has 0 bridgehead atoms. The number of benzene rings is 3. The molecule has 0 heterocycles. The summed E-state index contributed by atoms with van der Waals surface area (Å²) in [6, 6.07) is 19.0. The van der Waals surface area contributed by atoms with E-state index in [1.54, 1.807) is 38.1 Å². The number of aromatic hydroxyl groups is 2. The van der Waals surface area contributed by atoms with Gasteiger partial charge in [-0.1, -0.05) is 0 Å². The fourth-order valence-electron chi connectivity index (χ4n) is 2.71. The lowest BCUT2D eigenvalue weighted by atomic mass is 10.1. The Morgan fingerprint density at radius 3 is 1.16 bits per heavy atom. The highest BCUT2D eigenvalue weighted by Gasteiger charge is 2.09. The van der Waals surface area contributed by atoms with Crippen LogP contribution in [0.2, 0.25) is 0 Å². The van der Waals surface area contributed by atoms with Gasteiger partial charge in [0.15, 0.2) is 0 Å². The molecule has 8 heteroatoms. The zero-order valence-electron chi connectivity index (χ0n) is 17.5. The van der Waals surface area contributed by atoms with Crippen molar-refractivity contribution in [3.05, 3.63) is 95.1 Å². The van der Waals surface area contributed by atoms with Crippen molar-refractivity contribution >= 4 is 23.2 Å². The molecule has 0 aliphatic heterocycles. The third-order valence-electron chi connectivity index (χ3n) is 4.63. The molecule has 0 saturated carbocycles. The molecule has 0 atom stereocenters. The molecule has 8 nitrogen and oxygen atoms in total. The van der Waals surface area contributed by atoms with Crippen LogP contribution in [0.15, 0.2) is 83.0 Å². The van der Waals surface area contributed by atoms with Crippen molar-refractivity contribution in [2.24, 2.45) is 10.2 Å². The highest BCUT2D eigenvalue weighted by Crippen LogP contribution is 2.11. The van der Waals surface area contributed by atoms with Gasteiger partial charge in [-0.3, -0.25) is 9.59 Å². The summed E-state index contributed by atoms with van der Waals surface area (Å²) < 4.78 is 0. The summed E-state index contributed by atoms with van der Waals surface area (Å²) in [4.78, 5) is 24.6. The van der Waals surface area contributed by atoms with Crippen molar-refractivity contribution in [2.75, 3.05) is 0 Å². The Kier molecular flexibility index (Phi) is 6.97. The van der Waals surface area contributed by atoms with Gasteiger partial charge in [0, 0.05) is 11.1 Å². The smallest absolute Gasteiger partial charge is 0.271 e. The molecule has 0 unspecified atom stereocenters. The summed E-state index contributed by atoms with van der Waals surface area (Å²) in [5.41, 5.74) is 8.30. The van der Waals surface area contributed by atoms with Crippen LogP contribution in [0.25, 0.3) is 0 Å². The SMILES string of the molecule is C/C(=N/NC(=O)c1ccc(C(=O)N/N=C(\C)c2ccc(O)cc2)cc1)c1ccc(O)cc1. The van der Waals surface area contributed by atoms with Crippen molar-refractivity contribution < 1.29 is 19.8 Å². The maximum atomic E-state index is 12.3. The van der Waals surface area contributed by atoms with Crippen molar-refractivity contribution in [1.82, 2.24) is 10.9 Å². The standard InChI is InChI=1S/C24H22N4O4/c1-15(17-7-11-21(29)12-8-17)25-27-23(31)19-3-5-20(6-4-19)24(32)28-26-16(2)18-9-13-22(30)14-10-18/h3-14,29-30H,1-2H3,(H,27,31)(H,28,32)/b25-15-,26-16+. The second kappa shape index (κ2) is 10.0. The van der Waals surface area contributed by atoms with E-state index in [1.807, 2.05) is 0 Å². The Balaban J connectivity index is 1.59. The number of hydrogen-bond acceptors (Lipinski definition) is 6. The number of hydrazone groups is 2. The van der Waals surface area contributed by atoms with Gasteiger partial charge in [-0.05, 0) is 97.8 Å². The van der Waals surface area contributed by atoms with Crippen LogP contribution in [0, 0.1) is 0 Å². The normalized spacial score (nSPS) is 11.7. The maximum absolute atomic E-state index is 12.3.